The third-order valence-corrected chi connectivity index (χ3v) is 5.86. The number of hydrogen-bond acceptors (Lipinski definition) is 5. The topological polar surface area (TPSA) is 50.1 Å². The zero-order chi connectivity index (χ0) is 19.1. The minimum atomic E-state index is -0.146. The molecule has 5 rings (SSSR count). The molecular weight excluding hydrogens is 355 g/mol. The van der Waals surface area contributed by atoms with Crippen LogP contribution in [-0.4, -0.2) is 45.7 Å². The van der Waals surface area contributed by atoms with E-state index in [1.54, 1.807) is 23.0 Å². The van der Waals surface area contributed by atoms with E-state index in [1.165, 1.54) is 5.56 Å². The highest BCUT2D eigenvalue weighted by atomic mass is 19.1. The van der Waals surface area contributed by atoms with Gasteiger partial charge in [-0.1, -0.05) is 6.07 Å². The van der Waals surface area contributed by atoms with Crippen LogP contribution in [0.1, 0.15) is 18.4 Å². The van der Waals surface area contributed by atoms with Gasteiger partial charge in [-0.15, -0.1) is 10.2 Å². The van der Waals surface area contributed by atoms with E-state index in [0.29, 0.717) is 6.04 Å². The van der Waals surface area contributed by atoms with Crippen molar-refractivity contribution in [2.75, 3.05) is 29.4 Å². The molecule has 0 saturated carbocycles. The molecule has 2 aliphatic rings. The first-order valence-corrected chi connectivity index (χ1v) is 9.80. The summed E-state index contributed by atoms with van der Waals surface area (Å²) in [6.07, 6.45) is 6.83. The molecule has 3 aromatic rings. The van der Waals surface area contributed by atoms with Crippen molar-refractivity contribution >= 4 is 11.5 Å². The Hall–Kier alpha value is -2.96. The van der Waals surface area contributed by atoms with E-state index in [9.17, 15) is 4.39 Å². The summed E-state index contributed by atoms with van der Waals surface area (Å²) in [6.45, 7) is 2.86. The van der Waals surface area contributed by atoms with Gasteiger partial charge in [0.2, 0.25) is 0 Å². The Labute approximate surface area is 163 Å². The number of fused-ring (bicyclic) bond motifs is 1. The molecule has 0 N–H and O–H groups in total. The first-order valence-electron chi connectivity index (χ1n) is 9.80. The minimum Gasteiger partial charge on any atom is -0.368 e. The highest BCUT2D eigenvalue weighted by Gasteiger charge is 2.30. The summed E-state index contributed by atoms with van der Waals surface area (Å²) in [6, 6.07) is 9.69. The molecule has 0 amide bonds. The third kappa shape index (κ3) is 3.10. The molecule has 0 bridgehead atoms. The first-order chi connectivity index (χ1) is 13.7. The number of benzene rings is 1. The van der Waals surface area contributed by atoms with Crippen LogP contribution in [0.5, 0.6) is 0 Å². The summed E-state index contributed by atoms with van der Waals surface area (Å²) in [5.74, 6) is 0.769. The highest BCUT2D eigenvalue weighted by Crippen LogP contribution is 2.33. The molecule has 0 atom stereocenters. The lowest BCUT2D eigenvalue weighted by molar-refractivity contribution is 0.469. The number of halogens is 1. The molecule has 1 fully saturated rings. The van der Waals surface area contributed by atoms with Crippen LogP contribution < -0.4 is 9.80 Å². The predicted octanol–water partition coefficient (Wildman–Crippen LogP) is 3.05. The van der Waals surface area contributed by atoms with Crippen LogP contribution in [0.15, 0.2) is 42.7 Å². The number of anilines is 2. The van der Waals surface area contributed by atoms with E-state index in [4.69, 9.17) is 0 Å². The Morgan fingerprint density at radius 3 is 2.61 bits per heavy atom. The summed E-state index contributed by atoms with van der Waals surface area (Å²) in [4.78, 5) is 4.69. The van der Waals surface area contributed by atoms with E-state index in [0.717, 1.165) is 61.7 Å². The lowest BCUT2D eigenvalue weighted by Gasteiger charge is -2.38. The first kappa shape index (κ1) is 17.2. The standard InChI is InChI=1S/C21H23FN6/c1-26-14-16(13-23-26)19-4-5-21(25-24-19)27-9-7-18(8-10-27)28-11-6-15-2-3-17(22)12-20(15)28/h2-5,12-14,18H,6-11H2,1H3. The molecule has 4 heterocycles. The fourth-order valence-electron chi connectivity index (χ4n) is 4.36. The van der Waals surface area contributed by atoms with Crippen LogP contribution in [0.3, 0.4) is 0 Å². The van der Waals surface area contributed by atoms with E-state index in [2.05, 4.69) is 25.1 Å². The van der Waals surface area contributed by atoms with Crippen molar-refractivity contribution in [3.63, 3.8) is 0 Å². The lowest BCUT2D eigenvalue weighted by atomic mass is 10.0. The second-order valence-electron chi connectivity index (χ2n) is 7.61. The third-order valence-electron chi connectivity index (χ3n) is 5.86. The fraction of sp³-hybridized carbons (Fsp3) is 0.381. The average molecular weight is 378 g/mol. The molecule has 1 aromatic carbocycles. The fourth-order valence-corrected chi connectivity index (χ4v) is 4.36. The van der Waals surface area contributed by atoms with Crippen LogP contribution in [-0.2, 0) is 13.5 Å². The minimum absolute atomic E-state index is 0.146. The van der Waals surface area contributed by atoms with Crippen LogP contribution in [0.2, 0.25) is 0 Å². The molecule has 2 aliphatic heterocycles. The van der Waals surface area contributed by atoms with E-state index in [1.807, 2.05) is 31.4 Å². The van der Waals surface area contributed by atoms with Gasteiger partial charge in [-0.3, -0.25) is 4.68 Å². The van der Waals surface area contributed by atoms with Crippen molar-refractivity contribution in [2.45, 2.75) is 25.3 Å². The maximum atomic E-state index is 13.7. The van der Waals surface area contributed by atoms with Gasteiger partial charge in [0.05, 0.1) is 11.9 Å². The Balaban J connectivity index is 1.25. The van der Waals surface area contributed by atoms with E-state index >= 15 is 0 Å². The van der Waals surface area contributed by atoms with Crippen LogP contribution in [0.25, 0.3) is 11.3 Å². The summed E-state index contributed by atoms with van der Waals surface area (Å²) in [5, 5.41) is 13.0. The normalized spacial score (nSPS) is 17.2. The van der Waals surface area contributed by atoms with Gasteiger partial charge in [0.25, 0.3) is 0 Å². The smallest absolute Gasteiger partial charge is 0.151 e. The predicted molar refractivity (Wildman–Crippen MR) is 107 cm³/mol. The second-order valence-corrected chi connectivity index (χ2v) is 7.61. The highest BCUT2D eigenvalue weighted by molar-refractivity contribution is 5.60. The number of piperidine rings is 1. The van der Waals surface area contributed by atoms with Crippen molar-refractivity contribution in [3.05, 3.63) is 54.1 Å². The van der Waals surface area contributed by atoms with Gasteiger partial charge >= 0.3 is 0 Å². The number of aromatic nitrogens is 4. The van der Waals surface area contributed by atoms with E-state index < -0.39 is 0 Å². The molecule has 28 heavy (non-hydrogen) atoms. The molecule has 144 valence electrons. The van der Waals surface area contributed by atoms with E-state index in [-0.39, 0.29) is 5.82 Å². The maximum absolute atomic E-state index is 13.7. The van der Waals surface area contributed by atoms with Gasteiger partial charge in [-0.25, -0.2) is 4.39 Å². The lowest BCUT2D eigenvalue weighted by Crippen LogP contribution is -2.44. The molecule has 0 spiro atoms. The Bertz CT molecular complexity index is 975. The van der Waals surface area contributed by atoms with Crippen molar-refractivity contribution in [1.82, 2.24) is 20.0 Å². The molecule has 2 aromatic heterocycles. The van der Waals surface area contributed by atoms with Gasteiger partial charge in [-0.2, -0.15) is 5.10 Å². The van der Waals surface area contributed by atoms with Crippen molar-refractivity contribution in [2.24, 2.45) is 7.05 Å². The van der Waals surface area contributed by atoms with Crippen LogP contribution >= 0.6 is 0 Å². The Morgan fingerprint density at radius 1 is 1.04 bits per heavy atom. The van der Waals surface area contributed by atoms with Crippen molar-refractivity contribution < 1.29 is 4.39 Å². The summed E-state index contributed by atoms with van der Waals surface area (Å²) >= 11 is 0. The maximum Gasteiger partial charge on any atom is 0.151 e. The summed E-state index contributed by atoms with van der Waals surface area (Å²) < 4.78 is 15.4. The SMILES string of the molecule is Cn1cc(-c2ccc(N3CCC(N4CCc5ccc(F)cc54)CC3)nn2)cn1. The average Bonchev–Trinajstić information content (AvgIpc) is 3.34. The Kier molecular flexibility index (Phi) is 4.22. The molecule has 0 aliphatic carbocycles. The number of nitrogens with zero attached hydrogens (tertiary/aromatic N) is 6. The van der Waals surface area contributed by atoms with Crippen LogP contribution in [0, 0.1) is 5.82 Å². The second kappa shape index (κ2) is 6.89. The number of hydrogen-bond donors (Lipinski definition) is 0. The zero-order valence-electron chi connectivity index (χ0n) is 15.9. The monoisotopic (exact) mass is 378 g/mol. The molecular formula is C21H23FN6. The van der Waals surface area contributed by atoms with Crippen molar-refractivity contribution in [1.29, 1.82) is 0 Å². The molecule has 1 saturated heterocycles. The Morgan fingerprint density at radius 2 is 1.89 bits per heavy atom. The largest absolute Gasteiger partial charge is 0.368 e. The summed E-state index contributed by atoms with van der Waals surface area (Å²) in [7, 11) is 1.89. The van der Waals surface area contributed by atoms with Gasteiger partial charge in [-0.05, 0) is 49.1 Å². The van der Waals surface area contributed by atoms with Crippen LogP contribution in [0.4, 0.5) is 15.9 Å². The number of aryl methyl sites for hydroxylation is 1. The van der Waals surface area contributed by atoms with Gasteiger partial charge in [0, 0.05) is 50.2 Å². The number of rotatable bonds is 3. The van der Waals surface area contributed by atoms with Crippen molar-refractivity contribution in [3.8, 4) is 11.3 Å². The van der Waals surface area contributed by atoms with Gasteiger partial charge in [0.15, 0.2) is 5.82 Å². The van der Waals surface area contributed by atoms with Gasteiger partial charge in [0.1, 0.15) is 5.82 Å². The molecule has 0 unspecified atom stereocenters. The zero-order valence-corrected chi connectivity index (χ0v) is 15.9. The quantitative estimate of drug-likeness (QED) is 0.701. The molecule has 0 radical (unpaired) electrons. The van der Waals surface area contributed by atoms with Gasteiger partial charge < -0.3 is 9.80 Å². The molecule has 6 nitrogen and oxygen atoms in total. The summed E-state index contributed by atoms with van der Waals surface area (Å²) in [5.41, 5.74) is 4.15. The molecule has 7 heteroatoms.